The van der Waals surface area contributed by atoms with E-state index >= 15 is 0 Å². The van der Waals surface area contributed by atoms with Gasteiger partial charge in [-0.2, -0.15) is 0 Å². The lowest BCUT2D eigenvalue weighted by Crippen LogP contribution is -2.35. The SMILES string of the molecule is Cc1ccc([C@H]2CCOC(=O)N2)cc1F.Cl. The van der Waals surface area contributed by atoms with E-state index in [1.165, 1.54) is 6.07 Å². The summed E-state index contributed by atoms with van der Waals surface area (Å²) < 4.78 is 18.0. The minimum atomic E-state index is -0.438. The summed E-state index contributed by atoms with van der Waals surface area (Å²) in [5.41, 5.74) is 1.40. The number of alkyl carbamates (subject to hydrolysis) is 1. The Morgan fingerprint density at radius 1 is 1.50 bits per heavy atom. The van der Waals surface area contributed by atoms with Crippen LogP contribution in [-0.4, -0.2) is 12.7 Å². The van der Waals surface area contributed by atoms with Crippen molar-refractivity contribution >= 4 is 18.5 Å². The third-order valence-corrected chi connectivity index (χ3v) is 2.53. The third-order valence-electron chi connectivity index (χ3n) is 2.53. The molecule has 0 aromatic heterocycles. The molecule has 1 aromatic carbocycles. The number of amides is 1. The Labute approximate surface area is 99.4 Å². The van der Waals surface area contributed by atoms with Crippen LogP contribution in [0.25, 0.3) is 0 Å². The molecule has 1 aliphatic heterocycles. The van der Waals surface area contributed by atoms with Gasteiger partial charge in [0.25, 0.3) is 0 Å². The Morgan fingerprint density at radius 2 is 2.25 bits per heavy atom. The highest BCUT2D eigenvalue weighted by Crippen LogP contribution is 2.21. The Morgan fingerprint density at radius 3 is 2.88 bits per heavy atom. The molecule has 0 unspecified atom stereocenters. The van der Waals surface area contributed by atoms with E-state index < -0.39 is 6.09 Å². The van der Waals surface area contributed by atoms with Crippen LogP contribution in [0, 0.1) is 12.7 Å². The van der Waals surface area contributed by atoms with E-state index in [-0.39, 0.29) is 24.3 Å². The molecule has 88 valence electrons. The van der Waals surface area contributed by atoms with Crippen molar-refractivity contribution in [1.29, 1.82) is 0 Å². The molecule has 1 fully saturated rings. The van der Waals surface area contributed by atoms with Gasteiger partial charge in [-0.25, -0.2) is 9.18 Å². The second-order valence-electron chi connectivity index (χ2n) is 3.63. The van der Waals surface area contributed by atoms with Gasteiger partial charge in [0.2, 0.25) is 0 Å². The van der Waals surface area contributed by atoms with Crippen LogP contribution in [0.2, 0.25) is 0 Å². The lowest BCUT2D eigenvalue weighted by atomic mass is 10.0. The van der Waals surface area contributed by atoms with Crippen LogP contribution in [0.3, 0.4) is 0 Å². The summed E-state index contributed by atoms with van der Waals surface area (Å²) in [6.45, 7) is 2.09. The van der Waals surface area contributed by atoms with Gasteiger partial charge < -0.3 is 10.1 Å². The summed E-state index contributed by atoms with van der Waals surface area (Å²) >= 11 is 0. The topological polar surface area (TPSA) is 38.3 Å². The predicted molar refractivity (Wildman–Crippen MR) is 60.2 cm³/mol. The normalized spacial score (nSPS) is 19.4. The van der Waals surface area contributed by atoms with Gasteiger partial charge in [-0.05, 0) is 24.1 Å². The monoisotopic (exact) mass is 245 g/mol. The predicted octanol–water partition coefficient (Wildman–Crippen LogP) is 2.73. The smallest absolute Gasteiger partial charge is 0.407 e. The van der Waals surface area contributed by atoms with Crippen LogP contribution in [0.15, 0.2) is 18.2 Å². The fraction of sp³-hybridized carbons (Fsp3) is 0.364. The Kier molecular flexibility index (Phi) is 4.12. The number of benzene rings is 1. The maximum absolute atomic E-state index is 13.3. The minimum absolute atomic E-state index is 0. The van der Waals surface area contributed by atoms with Gasteiger partial charge in [0.05, 0.1) is 12.6 Å². The number of halogens is 2. The van der Waals surface area contributed by atoms with E-state index in [4.69, 9.17) is 4.74 Å². The van der Waals surface area contributed by atoms with E-state index in [1.54, 1.807) is 13.0 Å². The molecule has 0 bridgehead atoms. The molecular formula is C11H13ClFNO2. The van der Waals surface area contributed by atoms with Gasteiger partial charge in [-0.1, -0.05) is 12.1 Å². The van der Waals surface area contributed by atoms with Crippen molar-refractivity contribution in [3.63, 3.8) is 0 Å². The van der Waals surface area contributed by atoms with Crippen LogP contribution in [0.1, 0.15) is 23.6 Å². The van der Waals surface area contributed by atoms with Gasteiger partial charge in [0.15, 0.2) is 0 Å². The highest BCUT2D eigenvalue weighted by Gasteiger charge is 2.21. The van der Waals surface area contributed by atoms with Crippen molar-refractivity contribution in [2.75, 3.05) is 6.61 Å². The number of nitrogens with one attached hydrogen (secondary N) is 1. The summed E-state index contributed by atoms with van der Waals surface area (Å²) in [6.07, 6.45) is 0.237. The number of rotatable bonds is 1. The van der Waals surface area contributed by atoms with E-state index in [1.807, 2.05) is 6.07 Å². The van der Waals surface area contributed by atoms with Crippen LogP contribution >= 0.6 is 12.4 Å². The number of hydrogen-bond donors (Lipinski definition) is 1. The molecule has 1 heterocycles. The highest BCUT2D eigenvalue weighted by atomic mass is 35.5. The number of hydrogen-bond acceptors (Lipinski definition) is 2. The maximum atomic E-state index is 13.3. The maximum Gasteiger partial charge on any atom is 0.407 e. The van der Waals surface area contributed by atoms with Crippen molar-refractivity contribution in [3.05, 3.63) is 35.1 Å². The number of ether oxygens (including phenoxy) is 1. The van der Waals surface area contributed by atoms with E-state index in [0.717, 1.165) is 5.56 Å². The zero-order valence-electron chi connectivity index (χ0n) is 8.83. The summed E-state index contributed by atoms with van der Waals surface area (Å²) in [7, 11) is 0. The van der Waals surface area contributed by atoms with E-state index in [9.17, 15) is 9.18 Å². The summed E-state index contributed by atoms with van der Waals surface area (Å²) in [4.78, 5) is 11.0. The first kappa shape index (κ1) is 12.8. The number of carbonyl (C=O) groups excluding carboxylic acids is 1. The molecule has 16 heavy (non-hydrogen) atoms. The standard InChI is InChI=1S/C11H12FNO2.ClH/c1-7-2-3-8(6-9(7)12)10-4-5-15-11(14)13-10;/h2-3,6,10H,4-5H2,1H3,(H,13,14);1H/t10-;/m1./s1. The molecule has 1 saturated heterocycles. The fourth-order valence-electron chi connectivity index (χ4n) is 1.60. The molecular weight excluding hydrogens is 233 g/mol. The molecule has 1 atom stereocenters. The van der Waals surface area contributed by atoms with Gasteiger partial charge in [0, 0.05) is 6.42 Å². The number of cyclic esters (lactones) is 1. The molecule has 1 amide bonds. The van der Waals surface area contributed by atoms with Gasteiger partial charge in [-0.3, -0.25) is 0 Å². The minimum Gasteiger partial charge on any atom is -0.449 e. The zero-order valence-corrected chi connectivity index (χ0v) is 9.64. The van der Waals surface area contributed by atoms with Crippen LogP contribution < -0.4 is 5.32 Å². The lowest BCUT2D eigenvalue weighted by Gasteiger charge is -2.23. The fourth-order valence-corrected chi connectivity index (χ4v) is 1.60. The highest BCUT2D eigenvalue weighted by molar-refractivity contribution is 5.85. The Hall–Kier alpha value is -1.29. The van der Waals surface area contributed by atoms with E-state index in [0.29, 0.717) is 18.6 Å². The van der Waals surface area contributed by atoms with Crippen molar-refractivity contribution in [2.45, 2.75) is 19.4 Å². The lowest BCUT2D eigenvalue weighted by molar-refractivity contribution is 0.115. The van der Waals surface area contributed by atoms with Gasteiger partial charge in [0.1, 0.15) is 5.82 Å². The summed E-state index contributed by atoms with van der Waals surface area (Å²) in [5.74, 6) is -0.242. The average molecular weight is 246 g/mol. The quantitative estimate of drug-likeness (QED) is 0.826. The van der Waals surface area contributed by atoms with E-state index in [2.05, 4.69) is 5.32 Å². The second kappa shape index (κ2) is 5.16. The summed E-state index contributed by atoms with van der Waals surface area (Å²) in [5, 5.41) is 2.65. The molecule has 5 heteroatoms. The average Bonchev–Trinajstić information content (AvgIpc) is 2.22. The van der Waals surface area contributed by atoms with Crippen LogP contribution in [0.4, 0.5) is 9.18 Å². The van der Waals surface area contributed by atoms with Gasteiger partial charge >= 0.3 is 6.09 Å². The largest absolute Gasteiger partial charge is 0.449 e. The molecule has 2 rings (SSSR count). The van der Waals surface area contributed by atoms with Crippen molar-refractivity contribution in [1.82, 2.24) is 5.32 Å². The molecule has 1 aromatic rings. The van der Waals surface area contributed by atoms with Crippen molar-refractivity contribution < 1.29 is 13.9 Å². The second-order valence-corrected chi connectivity index (χ2v) is 3.63. The molecule has 1 N–H and O–H groups in total. The van der Waals surface area contributed by atoms with Crippen molar-refractivity contribution in [3.8, 4) is 0 Å². The third kappa shape index (κ3) is 2.64. The molecule has 1 aliphatic rings. The van der Waals surface area contributed by atoms with Crippen molar-refractivity contribution in [2.24, 2.45) is 0 Å². The van der Waals surface area contributed by atoms with Crippen LogP contribution in [-0.2, 0) is 4.74 Å². The summed E-state index contributed by atoms with van der Waals surface area (Å²) in [6, 6.07) is 4.87. The molecule has 0 spiro atoms. The first-order chi connectivity index (χ1) is 7.16. The van der Waals surface area contributed by atoms with Crippen LogP contribution in [0.5, 0.6) is 0 Å². The Bertz CT molecular complexity index is 398. The molecule has 0 saturated carbocycles. The zero-order chi connectivity index (χ0) is 10.8. The molecule has 0 radical (unpaired) electrons. The number of carbonyl (C=O) groups is 1. The first-order valence-electron chi connectivity index (χ1n) is 4.86. The first-order valence-corrected chi connectivity index (χ1v) is 4.86. The Balaban J connectivity index is 0.00000128. The number of aryl methyl sites for hydroxylation is 1. The molecule has 0 aliphatic carbocycles. The molecule has 3 nitrogen and oxygen atoms in total. The van der Waals surface area contributed by atoms with Gasteiger partial charge in [-0.15, -0.1) is 12.4 Å².